The lowest BCUT2D eigenvalue weighted by molar-refractivity contribution is -0.0384. The number of fused-ring (bicyclic) bond motifs is 2. The molecule has 0 aliphatic carbocycles. The molecule has 1 amide bonds. The van der Waals surface area contributed by atoms with Crippen LogP contribution in [0.3, 0.4) is 0 Å². The van der Waals surface area contributed by atoms with Gasteiger partial charge in [-0.2, -0.15) is 15.3 Å². The summed E-state index contributed by atoms with van der Waals surface area (Å²) in [5, 5.41) is 20.7. The van der Waals surface area contributed by atoms with Gasteiger partial charge in [-0.25, -0.2) is 4.79 Å². The zero-order valence-corrected chi connectivity index (χ0v) is 26.1. The number of amides is 1. The van der Waals surface area contributed by atoms with Crippen LogP contribution in [0.4, 0.5) is 4.79 Å². The minimum absolute atomic E-state index is 0.0917. The number of methoxy groups -OCH3 is 2. The van der Waals surface area contributed by atoms with Gasteiger partial charge in [0.05, 0.1) is 24.7 Å². The summed E-state index contributed by atoms with van der Waals surface area (Å²) in [5.41, 5.74) is 3.06. The van der Waals surface area contributed by atoms with Crippen LogP contribution in [0.5, 0.6) is 11.6 Å². The Morgan fingerprint density at radius 3 is 2.37 bits per heavy atom. The largest absolute Gasteiger partial charge is 0.480 e. The highest BCUT2D eigenvalue weighted by Gasteiger charge is 2.58. The van der Waals surface area contributed by atoms with Crippen LogP contribution in [0.1, 0.15) is 66.0 Å². The molecule has 3 aromatic rings. The topological polar surface area (TPSA) is 121 Å². The van der Waals surface area contributed by atoms with Crippen LogP contribution >= 0.6 is 0 Å². The van der Waals surface area contributed by atoms with Gasteiger partial charge in [0.2, 0.25) is 5.88 Å². The Hall–Kier alpha value is -3.83. The molecule has 2 bridgehead atoms. The number of hydrogen-bond acceptors (Lipinski definition) is 10. The molecule has 2 atom stereocenters. The van der Waals surface area contributed by atoms with Crippen molar-refractivity contribution in [2.45, 2.75) is 89.6 Å². The second-order valence-electron chi connectivity index (χ2n) is 13.0. The molecule has 0 saturated carbocycles. The Morgan fingerprint density at radius 2 is 1.74 bits per heavy atom. The Kier molecular flexibility index (Phi) is 8.58. The van der Waals surface area contributed by atoms with Crippen LogP contribution < -0.4 is 14.8 Å². The predicted octanol–water partition coefficient (Wildman–Crippen LogP) is 5.39. The summed E-state index contributed by atoms with van der Waals surface area (Å²) in [5.74, 6) is 1.05. The fraction of sp³-hybridized carbons (Fsp3) is 0.531. The Bertz CT molecular complexity index is 1420. The van der Waals surface area contributed by atoms with E-state index < -0.39 is 5.60 Å². The molecular formula is C32H42N6O5. The molecule has 2 unspecified atom stereocenters. The molecule has 5 rings (SSSR count). The van der Waals surface area contributed by atoms with Gasteiger partial charge in [0, 0.05) is 48.0 Å². The number of carbonyl (C=O) groups excluding carboxylic acids is 1. The average molecular weight is 591 g/mol. The minimum Gasteiger partial charge on any atom is -0.480 e. The molecule has 2 aromatic heterocycles. The number of rotatable bonds is 9. The van der Waals surface area contributed by atoms with Crippen molar-refractivity contribution >= 4 is 6.09 Å². The number of hydrogen-bond donors (Lipinski definition) is 1. The van der Waals surface area contributed by atoms with Gasteiger partial charge >= 0.3 is 6.09 Å². The van der Waals surface area contributed by atoms with E-state index >= 15 is 0 Å². The number of ether oxygens (including phenoxy) is 4. The predicted molar refractivity (Wildman–Crippen MR) is 162 cm³/mol. The van der Waals surface area contributed by atoms with E-state index in [4.69, 9.17) is 18.9 Å². The van der Waals surface area contributed by atoms with Gasteiger partial charge in [-0.15, -0.1) is 5.10 Å². The highest BCUT2D eigenvalue weighted by Crippen LogP contribution is 2.51. The lowest BCUT2D eigenvalue weighted by Gasteiger charge is -2.51. The van der Waals surface area contributed by atoms with Crippen molar-refractivity contribution in [3.8, 4) is 34.0 Å². The van der Waals surface area contributed by atoms with E-state index in [2.05, 4.69) is 39.6 Å². The van der Waals surface area contributed by atoms with Crippen molar-refractivity contribution in [2.75, 3.05) is 21.0 Å². The van der Waals surface area contributed by atoms with Crippen LogP contribution in [-0.4, -0.2) is 75.1 Å². The molecule has 43 heavy (non-hydrogen) atoms. The summed E-state index contributed by atoms with van der Waals surface area (Å²) in [6, 6.07) is 11.8. The minimum atomic E-state index is -0.521. The quantitative estimate of drug-likeness (QED) is 0.325. The molecule has 1 aromatic carbocycles. The van der Waals surface area contributed by atoms with E-state index in [1.807, 2.05) is 62.1 Å². The van der Waals surface area contributed by atoms with Gasteiger partial charge in [0.1, 0.15) is 11.4 Å². The van der Waals surface area contributed by atoms with Crippen molar-refractivity contribution in [3.63, 3.8) is 0 Å². The lowest BCUT2D eigenvalue weighted by Crippen LogP contribution is -2.63. The van der Waals surface area contributed by atoms with Crippen molar-refractivity contribution < 1.29 is 23.7 Å². The average Bonchev–Trinajstić information content (AvgIpc) is 3.15. The Balaban J connectivity index is 1.27. The van der Waals surface area contributed by atoms with E-state index in [0.29, 0.717) is 23.9 Å². The first-order chi connectivity index (χ1) is 20.4. The summed E-state index contributed by atoms with van der Waals surface area (Å²) in [6.45, 7) is 10.8. The second-order valence-corrected chi connectivity index (χ2v) is 13.0. The summed E-state index contributed by atoms with van der Waals surface area (Å²) in [4.78, 5) is 15.2. The van der Waals surface area contributed by atoms with Crippen LogP contribution in [0.25, 0.3) is 22.4 Å². The van der Waals surface area contributed by atoms with Gasteiger partial charge in [0.15, 0.2) is 6.79 Å². The highest BCUT2D eigenvalue weighted by molar-refractivity contribution is 5.74. The molecule has 2 aliphatic rings. The molecular weight excluding hydrogens is 548 g/mol. The first-order valence-electron chi connectivity index (χ1n) is 14.7. The molecule has 2 saturated heterocycles. The number of aromatic nitrogens is 4. The van der Waals surface area contributed by atoms with Crippen LogP contribution in [0.2, 0.25) is 0 Å². The van der Waals surface area contributed by atoms with Crippen LogP contribution in [0.15, 0.2) is 42.6 Å². The first kappa shape index (κ1) is 30.6. The fourth-order valence-corrected chi connectivity index (χ4v) is 6.43. The molecule has 11 heteroatoms. The van der Waals surface area contributed by atoms with Gasteiger partial charge in [-0.1, -0.05) is 6.07 Å². The van der Waals surface area contributed by atoms with E-state index in [0.717, 1.165) is 48.1 Å². The monoisotopic (exact) mass is 590 g/mol. The molecule has 2 aliphatic heterocycles. The number of nitrogens with one attached hydrogen (secondary N) is 1. The first-order valence-corrected chi connectivity index (χ1v) is 14.7. The van der Waals surface area contributed by atoms with E-state index in [9.17, 15) is 4.79 Å². The van der Waals surface area contributed by atoms with Gasteiger partial charge in [0.25, 0.3) is 0 Å². The maximum atomic E-state index is 13.2. The molecule has 2 fully saturated rings. The molecule has 0 spiro atoms. The molecule has 11 nitrogen and oxygen atoms in total. The number of nitrogens with zero attached hydrogens (tertiary/aromatic N) is 5. The van der Waals surface area contributed by atoms with Gasteiger partial charge in [-0.05, 0) is 90.1 Å². The van der Waals surface area contributed by atoms with E-state index in [-0.39, 0.29) is 30.0 Å². The third-order valence-electron chi connectivity index (χ3n) is 8.29. The van der Waals surface area contributed by atoms with Gasteiger partial charge < -0.3 is 24.3 Å². The lowest BCUT2D eigenvalue weighted by atomic mass is 9.82. The zero-order valence-electron chi connectivity index (χ0n) is 26.1. The van der Waals surface area contributed by atoms with E-state index in [1.54, 1.807) is 20.4 Å². The van der Waals surface area contributed by atoms with Crippen molar-refractivity contribution in [3.05, 3.63) is 48.3 Å². The van der Waals surface area contributed by atoms with Crippen LogP contribution in [-0.2, 0) is 16.0 Å². The summed E-state index contributed by atoms with van der Waals surface area (Å²) in [7, 11) is 3.14. The van der Waals surface area contributed by atoms with Crippen molar-refractivity contribution in [1.82, 2.24) is 30.6 Å². The molecule has 230 valence electrons. The number of benzene rings is 1. The molecule has 1 N–H and O–H groups in total. The molecule has 4 heterocycles. The maximum Gasteiger partial charge on any atom is 0.411 e. The van der Waals surface area contributed by atoms with Crippen molar-refractivity contribution in [1.29, 1.82) is 0 Å². The third-order valence-corrected chi connectivity index (χ3v) is 8.29. The van der Waals surface area contributed by atoms with E-state index in [1.165, 1.54) is 0 Å². The zero-order chi connectivity index (χ0) is 30.8. The standard InChI is InChI=1S/C32H42N6O5/c1-30(2,3)43-29(39)38-31(4)12-13-32(38,5)17-24(16-31)33-19-23-9-11-26(36-35-23)25-10-8-21(14-27(25)42-20-40-6)22-15-28(41-7)37-34-18-22/h8-11,14-15,18,24,33H,12-13,16-17,19-20H2,1-7H3. The smallest absolute Gasteiger partial charge is 0.411 e. The van der Waals surface area contributed by atoms with Crippen LogP contribution in [0, 0.1) is 0 Å². The number of carbonyl (C=O) groups is 1. The Labute approximate surface area is 253 Å². The normalized spacial score (nSPS) is 23.2. The third kappa shape index (κ3) is 6.73. The maximum absolute atomic E-state index is 13.2. The van der Waals surface area contributed by atoms with Gasteiger partial charge in [-0.3, -0.25) is 4.90 Å². The molecule has 0 radical (unpaired) electrons. The van der Waals surface area contributed by atoms with Crippen molar-refractivity contribution in [2.24, 2.45) is 0 Å². The summed E-state index contributed by atoms with van der Waals surface area (Å²) < 4.78 is 22.1. The Morgan fingerprint density at radius 1 is 1.00 bits per heavy atom. The highest BCUT2D eigenvalue weighted by atomic mass is 16.7. The fourth-order valence-electron chi connectivity index (χ4n) is 6.43. The number of piperidine rings is 1. The summed E-state index contributed by atoms with van der Waals surface area (Å²) in [6.07, 6.45) is 5.11. The second kappa shape index (κ2) is 12.0. The SMILES string of the molecule is COCOc1cc(-c2cnnc(OC)c2)ccc1-c1ccc(CNC2CC3(C)CCC(C)(C2)N3C(=O)OC(C)(C)C)nn1. The summed E-state index contributed by atoms with van der Waals surface area (Å²) >= 11 is 0.